The van der Waals surface area contributed by atoms with Crippen molar-refractivity contribution in [1.29, 1.82) is 0 Å². The van der Waals surface area contributed by atoms with Crippen LogP contribution in [-0.2, 0) is 12.6 Å². The van der Waals surface area contributed by atoms with Crippen LogP contribution < -0.4 is 5.32 Å². The summed E-state index contributed by atoms with van der Waals surface area (Å²) >= 11 is 0. The molecule has 5 heteroatoms. The maximum Gasteiger partial charge on any atom is 0.416 e. The predicted molar refractivity (Wildman–Crippen MR) is 70.3 cm³/mol. The third kappa shape index (κ3) is 3.63. The standard InChI is InChI=1S/C15H16F3NO/c1-2-19-14(10-13-4-3-9-20-13)11-5-7-12(8-6-11)15(16,17)18/h3-9,14,19H,2,10H2,1H3. The zero-order chi connectivity index (χ0) is 14.6. The van der Waals surface area contributed by atoms with E-state index in [-0.39, 0.29) is 6.04 Å². The van der Waals surface area contributed by atoms with Crippen molar-refractivity contribution in [2.75, 3.05) is 6.54 Å². The molecule has 0 aliphatic heterocycles. The molecule has 0 saturated carbocycles. The van der Waals surface area contributed by atoms with E-state index in [1.165, 1.54) is 12.1 Å². The Balaban J connectivity index is 2.17. The van der Waals surface area contributed by atoms with Gasteiger partial charge in [-0.25, -0.2) is 0 Å². The molecule has 0 bridgehead atoms. The lowest BCUT2D eigenvalue weighted by Gasteiger charge is -2.18. The molecule has 2 rings (SSSR count). The minimum absolute atomic E-state index is 0.0616. The molecule has 1 N–H and O–H groups in total. The molecule has 1 heterocycles. The third-order valence-corrected chi connectivity index (χ3v) is 3.08. The van der Waals surface area contributed by atoms with Crippen molar-refractivity contribution in [2.45, 2.75) is 25.6 Å². The molecule has 0 amide bonds. The Hall–Kier alpha value is -1.75. The number of likely N-dealkylation sites (N-methyl/N-ethyl adjacent to an activating group) is 1. The van der Waals surface area contributed by atoms with E-state index in [0.29, 0.717) is 6.42 Å². The summed E-state index contributed by atoms with van der Waals surface area (Å²) in [6, 6.07) is 8.84. The lowest BCUT2D eigenvalue weighted by Crippen LogP contribution is -2.23. The van der Waals surface area contributed by atoms with Gasteiger partial charge in [0, 0.05) is 12.5 Å². The van der Waals surface area contributed by atoms with Crippen LogP contribution in [0, 0.1) is 0 Å². The fourth-order valence-corrected chi connectivity index (χ4v) is 2.09. The van der Waals surface area contributed by atoms with Gasteiger partial charge in [0.15, 0.2) is 0 Å². The highest BCUT2D eigenvalue weighted by Gasteiger charge is 2.30. The molecule has 0 aliphatic rings. The number of furan rings is 1. The quantitative estimate of drug-likeness (QED) is 0.890. The Morgan fingerprint density at radius 3 is 2.35 bits per heavy atom. The molecule has 108 valence electrons. The van der Waals surface area contributed by atoms with Crippen LogP contribution >= 0.6 is 0 Å². The van der Waals surface area contributed by atoms with E-state index < -0.39 is 11.7 Å². The minimum atomic E-state index is -4.30. The first-order valence-electron chi connectivity index (χ1n) is 6.43. The van der Waals surface area contributed by atoms with Crippen molar-refractivity contribution in [3.8, 4) is 0 Å². The van der Waals surface area contributed by atoms with Crippen molar-refractivity contribution in [2.24, 2.45) is 0 Å². The van der Waals surface area contributed by atoms with Gasteiger partial charge in [-0.3, -0.25) is 0 Å². The molecular formula is C15H16F3NO. The van der Waals surface area contributed by atoms with Gasteiger partial charge >= 0.3 is 6.18 Å². The molecule has 1 atom stereocenters. The largest absolute Gasteiger partial charge is 0.469 e. The molecule has 0 spiro atoms. The van der Waals surface area contributed by atoms with E-state index in [4.69, 9.17) is 4.42 Å². The second kappa shape index (κ2) is 6.13. The van der Waals surface area contributed by atoms with Gasteiger partial charge in [0.2, 0.25) is 0 Å². The van der Waals surface area contributed by atoms with Crippen LogP contribution in [0.5, 0.6) is 0 Å². The van der Waals surface area contributed by atoms with Gasteiger partial charge < -0.3 is 9.73 Å². The summed E-state index contributed by atoms with van der Waals surface area (Å²) in [6.45, 7) is 2.69. The maximum atomic E-state index is 12.5. The molecule has 1 aromatic heterocycles. The Bertz CT molecular complexity index is 517. The second-order valence-corrected chi connectivity index (χ2v) is 4.51. The first-order valence-corrected chi connectivity index (χ1v) is 6.43. The van der Waals surface area contributed by atoms with Gasteiger partial charge in [0.1, 0.15) is 5.76 Å². The van der Waals surface area contributed by atoms with Gasteiger partial charge in [0.25, 0.3) is 0 Å². The lowest BCUT2D eigenvalue weighted by atomic mass is 10.0. The van der Waals surface area contributed by atoms with Gasteiger partial charge in [0.05, 0.1) is 11.8 Å². The van der Waals surface area contributed by atoms with Gasteiger partial charge in [-0.2, -0.15) is 13.2 Å². The molecule has 0 fully saturated rings. The molecular weight excluding hydrogens is 267 g/mol. The van der Waals surface area contributed by atoms with E-state index >= 15 is 0 Å². The average Bonchev–Trinajstić information content (AvgIpc) is 2.90. The number of hydrogen-bond acceptors (Lipinski definition) is 2. The molecule has 1 unspecified atom stereocenters. The van der Waals surface area contributed by atoms with Crippen LogP contribution in [0.2, 0.25) is 0 Å². The minimum Gasteiger partial charge on any atom is -0.469 e. The van der Waals surface area contributed by atoms with Crippen LogP contribution in [0.4, 0.5) is 13.2 Å². The van der Waals surface area contributed by atoms with Crippen molar-refractivity contribution in [1.82, 2.24) is 5.32 Å². The number of alkyl halides is 3. The van der Waals surface area contributed by atoms with Crippen LogP contribution in [-0.4, -0.2) is 6.54 Å². The Labute approximate surface area is 115 Å². The van der Waals surface area contributed by atoms with Crippen LogP contribution in [0.15, 0.2) is 47.1 Å². The molecule has 0 aliphatic carbocycles. The lowest BCUT2D eigenvalue weighted by molar-refractivity contribution is -0.137. The van der Waals surface area contributed by atoms with E-state index in [9.17, 15) is 13.2 Å². The van der Waals surface area contributed by atoms with Crippen LogP contribution in [0.3, 0.4) is 0 Å². The van der Waals surface area contributed by atoms with E-state index in [1.54, 1.807) is 12.3 Å². The van der Waals surface area contributed by atoms with Crippen molar-refractivity contribution in [3.63, 3.8) is 0 Å². The first kappa shape index (κ1) is 14.7. The summed E-state index contributed by atoms with van der Waals surface area (Å²) in [7, 11) is 0. The number of halogens is 3. The Kier molecular flexibility index (Phi) is 4.49. The summed E-state index contributed by atoms with van der Waals surface area (Å²) in [5, 5.41) is 3.25. The average molecular weight is 283 g/mol. The van der Waals surface area contributed by atoms with Crippen molar-refractivity contribution < 1.29 is 17.6 Å². The van der Waals surface area contributed by atoms with Gasteiger partial charge in [-0.15, -0.1) is 0 Å². The SMILES string of the molecule is CCNC(Cc1ccco1)c1ccc(C(F)(F)F)cc1. The Morgan fingerprint density at radius 2 is 1.85 bits per heavy atom. The number of rotatable bonds is 5. The van der Waals surface area contributed by atoms with E-state index in [1.807, 2.05) is 13.0 Å². The highest BCUT2D eigenvalue weighted by atomic mass is 19.4. The van der Waals surface area contributed by atoms with Gasteiger partial charge in [-0.1, -0.05) is 19.1 Å². The molecule has 2 nitrogen and oxygen atoms in total. The fraction of sp³-hybridized carbons (Fsp3) is 0.333. The molecule has 0 radical (unpaired) electrons. The molecule has 2 aromatic rings. The van der Waals surface area contributed by atoms with Gasteiger partial charge in [-0.05, 0) is 36.4 Å². The normalized spacial score (nSPS) is 13.4. The van der Waals surface area contributed by atoms with Crippen LogP contribution in [0.1, 0.15) is 29.9 Å². The Morgan fingerprint density at radius 1 is 1.15 bits per heavy atom. The van der Waals surface area contributed by atoms with E-state index in [0.717, 1.165) is 30.0 Å². The maximum absolute atomic E-state index is 12.5. The number of hydrogen-bond donors (Lipinski definition) is 1. The molecule has 1 aromatic carbocycles. The number of benzene rings is 1. The summed E-state index contributed by atoms with van der Waals surface area (Å²) < 4.78 is 42.9. The monoisotopic (exact) mass is 283 g/mol. The van der Waals surface area contributed by atoms with Crippen molar-refractivity contribution >= 4 is 0 Å². The summed E-state index contributed by atoms with van der Waals surface area (Å²) in [4.78, 5) is 0. The topological polar surface area (TPSA) is 25.2 Å². The predicted octanol–water partition coefficient (Wildman–Crippen LogP) is 4.19. The zero-order valence-corrected chi connectivity index (χ0v) is 11.1. The highest BCUT2D eigenvalue weighted by molar-refractivity contribution is 5.27. The summed E-state index contributed by atoms with van der Waals surface area (Å²) in [5.74, 6) is 0.802. The third-order valence-electron chi connectivity index (χ3n) is 3.08. The summed E-state index contributed by atoms with van der Waals surface area (Å²) in [6.07, 6.45) is -2.11. The molecule has 20 heavy (non-hydrogen) atoms. The molecule has 0 saturated heterocycles. The smallest absolute Gasteiger partial charge is 0.416 e. The van der Waals surface area contributed by atoms with E-state index in [2.05, 4.69) is 5.32 Å². The zero-order valence-electron chi connectivity index (χ0n) is 11.1. The summed E-state index contributed by atoms with van der Waals surface area (Å²) in [5.41, 5.74) is 0.186. The number of nitrogens with one attached hydrogen (secondary N) is 1. The second-order valence-electron chi connectivity index (χ2n) is 4.51. The highest BCUT2D eigenvalue weighted by Crippen LogP contribution is 2.30. The van der Waals surface area contributed by atoms with Crippen LogP contribution in [0.25, 0.3) is 0 Å². The first-order chi connectivity index (χ1) is 9.50. The van der Waals surface area contributed by atoms with Crippen molar-refractivity contribution in [3.05, 3.63) is 59.5 Å². The fourth-order valence-electron chi connectivity index (χ4n) is 2.09.